The fourth-order valence-electron chi connectivity index (χ4n) is 2.95. The molecule has 1 aliphatic rings. The summed E-state index contributed by atoms with van der Waals surface area (Å²) in [6.45, 7) is 6.95. The molecule has 4 nitrogen and oxygen atoms in total. The zero-order chi connectivity index (χ0) is 14.1. The van der Waals surface area contributed by atoms with Crippen molar-refractivity contribution in [3.63, 3.8) is 0 Å². The third-order valence-corrected chi connectivity index (χ3v) is 3.98. The Morgan fingerprint density at radius 3 is 2.16 bits per heavy atom. The number of hydrogen-bond donors (Lipinski definition) is 2. The number of guanidine groups is 1. The van der Waals surface area contributed by atoms with Gasteiger partial charge in [-0.2, -0.15) is 0 Å². The first-order valence-corrected chi connectivity index (χ1v) is 7.87. The van der Waals surface area contributed by atoms with E-state index in [0.29, 0.717) is 6.04 Å². The molecule has 1 unspecified atom stereocenters. The van der Waals surface area contributed by atoms with E-state index in [-0.39, 0.29) is 0 Å². The van der Waals surface area contributed by atoms with E-state index in [1.807, 2.05) is 0 Å². The fourth-order valence-corrected chi connectivity index (χ4v) is 2.95. The normalized spacial score (nSPS) is 18.2. The molecule has 0 bridgehead atoms. The lowest BCUT2D eigenvalue weighted by molar-refractivity contribution is 0.176. The van der Waals surface area contributed by atoms with Crippen LogP contribution in [0, 0.1) is 5.92 Å². The van der Waals surface area contributed by atoms with Gasteiger partial charge in [-0.15, -0.1) is 0 Å². The maximum absolute atomic E-state index is 4.75. The molecule has 0 aliphatic heterocycles. The fraction of sp³-hybridized carbons (Fsp3) is 0.933. The maximum atomic E-state index is 4.75. The third-order valence-electron chi connectivity index (χ3n) is 3.98. The highest BCUT2D eigenvalue weighted by Crippen LogP contribution is 2.28. The lowest BCUT2D eigenvalue weighted by Gasteiger charge is -2.34. The molecule has 1 rings (SSSR count). The Kier molecular flexibility index (Phi) is 7.87. The second-order valence-electron chi connectivity index (χ2n) is 5.68. The Hall–Kier alpha value is -0.770. The van der Waals surface area contributed by atoms with Gasteiger partial charge in [-0.1, -0.05) is 19.3 Å². The summed E-state index contributed by atoms with van der Waals surface area (Å²) in [5.41, 5.74) is 0. The molecule has 0 heterocycles. The monoisotopic (exact) mass is 268 g/mol. The van der Waals surface area contributed by atoms with E-state index < -0.39 is 0 Å². The minimum absolute atomic E-state index is 0.576. The van der Waals surface area contributed by atoms with Gasteiger partial charge in [0.05, 0.1) is 6.54 Å². The smallest absolute Gasteiger partial charge is 0.191 e. The number of nitrogens with zero attached hydrogens (tertiary/aromatic N) is 2. The van der Waals surface area contributed by atoms with Crippen LogP contribution in [-0.2, 0) is 0 Å². The first-order valence-electron chi connectivity index (χ1n) is 7.87. The molecule has 19 heavy (non-hydrogen) atoms. The van der Waals surface area contributed by atoms with Crippen LogP contribution in [0.4, 0.5) is 0 Å². The molecule has 1 saturated carbocycles. The predicted octanol–water partition coefficient (Wildman–Crippen LogP) is 2.07. The van der Waals surface area contributed by atoms with Crippen LogP contribution in [0.25, 0.3) is 0 Å². The topological polar surface area (TPSA) is 39.7 Å². The minimum atomic E-state index is 0.576. The number of hydrogen-bond acceptors (Lipinski definition) is 2. The van der Waals surface area contributed by atoms with E-state index in [2.05, 4.69) is 43.5 Å². The van der Waals surface area contributed by atoms with Crippen molar-refractivity contribution in [3.8, 4) is 0 Å². The van der Waals surface area contributed by atoms with E-state index in [1.54, 1.807) is 0 Å². The highest BCUT2D eigenvalue weighted by molar-refractivity contribution is 5.79. The Morgan fingerprint density at radius 2 is 1.68 bits per heavy atom. The van der Waals surface area contributed by atoms with Crippen LogP contribution in [0.2, 0.25) is 0 Å². The zero-order valence-electron chi connectivity index (χ0n) is 13.2. The van der Waals surface area contributed by atoms with Crippen molar-refractivity contribution in [2.45, 2.75) is 52.0 Å². The average molecular weight is 268 g/mol. The molecule has 4 heteroatoms. The SMILES string of the molecule is CCNC(=NCC(C1CCCCC1)N(C)C)NCC. The maximum Gasteiger partial charge on any atom is 0.191 e. The molecule has 0 aromatic carbocycles. The first kappa shape index (κ1) is 16.3. The van der Waals surface area contributed by atoms with Crippen LogP contribution in [-0.4, -0.2) is 50.6 Å². The summed E-state index contributed by atoms with van der Waals surface area (Å²) in [6, 6.07) is 0.576. The largest absolute Gasteiger partial charge is 0.357 e. The van der Waals surface area contributed by atoms with Crippen molar-refractivity contribution in [3.05, 3.63) is 0 Å². The molecule has 2 N–H and O–H groups in total. The van der Waals surface area contributed by atoms with Crippen molar-refractivity contribution in [2.24, 2.45) is 10.9 Å². The Morgan fingerprint density at radius 1 is 1.11 bits per heavy atom. The summed E-state index contributed by atoms with van der Waals surface area (Å²) < 4.78 is 0. The Balaban J connectivity index is 2.58. The standard InChI is InChI=1S/C15H32N4/c1-5-16-15(17-6-2)18-12-14(19(3)4)13-10-8-7-9-11-13/h13-14H,5-12H2,1-4H3,(H2,16,17,18). The molecule has 0 saturated heterocycles. The van der Waals surface area contributed by atoms with Crippen LogP contribution in [0.1, 0.15) is 46.0 Å². The van der Waals surface area contributed by atoms with Gasteiger partial charge in [0.25, 0.3) is 0 Å². The first-order chi connectivity index (χ1) is 9.19. The van der Waals surface area contributed by atoms with Gasteiger partial charge in [-0.3, -0.25) is 4.99 Å². The minimum Gasteiger partial charge on any atom is -0.357 e. The van der Waals surface area contributed by atoms with Gasteiger partial charge >= 0.3 is 0 Å². The van der Waals surface area contributed by atoms with Gasteiger partial charge < -0.3 is 15.5 Å². The molecule has 112 valence electrons. The predicted molar refractivity (Wildman–Crippen MR) is 83.7 cm³/mol. The third kappa shape index (κ3) is 5.81. The summed E-state index contributed by atoms with van der Waals surface area (Å²) in [4.78, 5) is 7.11. The van der Waals surface area contributed by atoms with Crippen molar-refractivity contribution in [2.75, 3.05) is 33.7 Å². The van der Waals surface area contributed by atoms with Gasteiger partial charge in [0.15, 0.2) is 5.96 Å². The average Bonchev–Trinajstić information content (AvgIpc) is 2.40. The molecule has 0 radical (unpaired) electrons. The van der Waals surface area contributed by atoms with Crippen LogP contribution >= 0.6 is 0 Å². The van der Waals surface area contributed by atoms with Crippen LogP contribution in [0.5, 0.6) is 0 Å². The molecule has 0 aromatic heterocycles. The highest BCUT2D eigenvalue weighted by atomic mass is 15.2. The molecule has 0 aromatic rings. The summed E-state index contributed by atoms with van der Waals surface area (Å²) in [6.07, 6.45) is 6.95. The van der Waals surface area contributed by atoms with Crippen molar-refractivity contribution in [1.29, 1.82) is 0 Å². The second-order valence-corrected chi connectivity index (χ2v) is 5.68. The van der Waals surface area contributed by atoms with Crippen LogP contribution in [0.15, 0.2) is 4.99 Å². The quantitative estimate of drug-likeness (QED) is 0.572. The van der Waals surface area contributed by atoms with Gasteiger partial charge in [-0.05, 0) is 46.7 Å². The van der Waals surface area contributed by atoms with Crippen LogP contribution in [0.3, 0.4) is 0 Å². The summed E-state index contributed by atoms with van der Waals surface area (Å²) >= 11 is 0. The lowest BCUT2D eigenvalue weighted by Crippen LogP contribution is -2.42. The second kappa shape index (κ2) is 9.18. The van der Waals surface area contributed by atoms with E-state index in [9.17, 15) is 0 Å². The number of aliphatic imine (C=N–C) groups is 1. The molecule has 1 atom stereocenters. The molecule has 1 aliphatic carbocycles. The van der Waals surface area contributed by atoms with Gasteiger partial charge in [0, 0.05) is 19.1 Å². The number of nitrogens with one attached hydrogen (secondary N) is 2. The van der Waals surface area contributed by atoms with Crippen LogP contribution < -0.4 is 10.6 Å². The van der Waals surface area contributed by atoms with E-state index >= 15 is 0 Å². The van der Waals surface area contributed by atoms with Crippen molar-refractivity contribution >= 4 is 5.96 Å². The zero-order valence-corrected chi connectivity index (χ0v) is 13.2. The summed E-state index contributed by atoms with van der Waals surface area (Å²) in [7, 11) is 4.38. The van der Waals surface area contributed by atoms with Gasteiger partial charge in [0.2, 0.25) is 0 Å². The van der Waals surface area contributed by atoms with Crippen molar-refractivity contribution < 1.29 is 0 Å². The summed E-state index contributed by atoms with van der Waals surface area (Å²) in [5, 5.41) is 6.60. The Bertz CT molecular complexity index is 249. The number of likely N-dealkylation sites (N-methyl/N-ethyl adjacent to an activating group) is 1. The Labute approximate surface area is 119 Å². The molecule has 1 fully saturated rings. The van der Waals surface area contributed by atoms with Gasteiger partial charge in [0.1, 0.15) is 0 Å². The van der Waals surface area contributed by atoms with Gasteiger partial charge in [-0.25, -0.2) is 0 Å². The lowest BCUT2D eigenvalue weighted by atomic mass is 9.83. The van der Waals surface area contributed by atoms with Crippen molar-refractivity contribution in [1.82, 2.24) is 15.5 Å². The van der Waals surface area contributed by atoms with E-state index in [0.717, 1.165) is 31.5 Å². The molecular formula is C15H32N4. The molecule has 0 amide bonds. The van der Waals surface area contributed by atoms with E-state index in [1.165, 1.54) is 32.1 Å². The summed E-state index contributed by atoms with van der Waals surface area (Å²) in [5.74, 6) is 1.77. The molecule has 0 spiro atoms. The van der Waals surface area contributed by atoms with E-state index in [4.69, 9.17) is 4.99 Å². The molecular weight excluding hydrogens is 236 g/mol. The number of rotatable bonds is 6. The highest BCUT2D eigenvalue weighted by Gasteiger charge is 2.25.